The van der Waals surface area contributed by atoms with Crippen molar-refractivity contribution in [3.05, 3.63) is 23.8 Å². The number of nitrogens with one attached hydrogen (secondary N) is 2. The van der Waals surface area contributed by atoms with Crippen LogP contribution in [0.2, 0.25) is 0 Å². The third-order valence-electron chi connectivity index (χ3n) is 3.41. The average Bonchev–Trinajstić information content (AvgIpc) is 2.85. The number of rotatable bonds is 5. The SMILES string of the molecule is COCCNC(=O)Nc1ccc(N2CCCC2=O)c(C)c1. The quantitative estimate of drug-likeness (QED) is 0.814. The lowest BCUT2D eigenvalue weighted by atomic mass is 10.1. The van der Waals surface area contributed by atoms with Gasteiger partial charge in [-0.25, -0.2) is 4.79 Å². The molecule has 2 rings (SSSR count). The molecule has 21 heavy (non-hydrogen) atoms. The van der Waals surface area contributed by atoms with Gasteiger partial charge in [0.05, 0.1) is 6.61 Å². The maximum atomic E-state index is 11.8. The third-order valence-corrected chi connectivity index (χ3v) is 3.41. The first-order valence-electron chi connectivity index (χ1n) is 7.06. The number of aryl methyl sites for hydroxylation is 1. The fourth-order valence-electron chi connectivity index (χ4n) is 2.38. The van der Waals surface area contributed by atoms with Crippen molar-refractivity contribution >= 4 is 23.3 Å². The van der Waals surface area contributed by atoms with E-state index in [-0.39, 0.29) is 11.9 Å². The van der Waals surface area contributed by atoms with E-state index in [0.717, 1.165) is 24.2 Å². The molecular formula is C15H21N3O3. The molecule has 1 aromatic carbocycles. The van der Waals surface area contributed by atoms with Gasteiger partial charge in [-0.2, -0.15) is 0 Å². The van der Waals surface area contributed by atoms with Gasteiger partial charge in [-0.15, -0.1) is 0 Å². The summed E-state index contributed by atoms with van der Waals surface area (Å²) in [7, 11) is 1.58. The first-order valence-corrected chi connectivity index (χ1v) is 7.06. The number of ether oxygens (including phenoxy) is 1. The lowest BCUT2D eigenvalue weighted by Crippen LogP contribution is -2.31. The Kier molecular flexibility index (Phi) is 5.16. The first-order chi connectivity index (χ1) is 10.1. The van der Waals surface area contributed by atoms with Crippen LogP contribution in [0.1, 0.15) is 18.4 Å². The fraction of sp³-hybridized carbons (Fsp3) is 0.467. The maximum Gasteiger partial charge on any atom is 0.319 e. The van der Waals surface area contributed by atoms with Crippen molar-refractivity contribution in [2.75, 3.05) is 37.0 Å². The highest BCUT2D eigenvalue weighted by Gasteiger charge is 2.22. The second-order valence-corrected chi connectivity index (χ2v) is 5.02. The summed E-state index contributed by atoms with van der Waals surface area (Å²) >= 11 is 0. The van der Waals surface area contributed by atoms with E-state index in [1.165, 1.54) is 0 Å². The number of amides is 3. The number of carbonyl (C=O) groups is 2. The van der Waals surface area contributed by atoms with Gasteiger partial charge < -0.3 is 20.3 Å². The van der Waals surface area contributed by atoms with Crippen LogP contribution in [0, 0.1) is 6.92 Å². The zero-order valence-electron chi connectivity index (χ0n) is 12.4. The number of benzene rings is 1. The molecule has 1 aliphatic rings. The number of hydrogen-bond acceptors (Lipinski definition) is 3. The Morgan fingerprint density at radius 3 is 2.86 bits per heavy atom. The van der Waals surface area contributed by atoms with Gasteiger partial charge >= 0.3 is 6.03 Å². The molecule has 1 fully saturated rings. The van der Waals surface area contributed by atoms with Crippen LogP contribution in [0.15, 0.2) is 18.2 Å². The van der Waals surface area contributed by atoms with Crippen molar-refractivity contribution in [3.63, 3.8) is 0 Å². The first kappa shape index (κ1) is 15.3. The second-order valence-electron chi connectivity index (χ2n) is 5.02. The number of methoxy groups -OCH3 is 1. The predicted octanol–water partition coefficient (Wildman–Crippen LogP) is 1.89. The topological polar surface area (TPSA) is 70.7 Å². The summed E-state index contributed by atoms with van der Waals surface area (Å²) in [5.41, 5.74) is 2.60. The van der Waals surface area contributed by atoms with E-state index in [1.54, 1.807) is 12.0 Å². The van der Waals surface area contributed by atoms with Crippen molar-refractivity contribution in [1.29, 1.82) is 0 Å². The van der Waals surface area contributed by atoms with Gasteiger partial charge in [0.2, 0.25) is 5.91 Å². The molecule has 1 saturated heterocycles. The summed E-state index contributed by atoms with van der Waals surface area (Å²) in [5, 5.41) is 5.45. The van der Waals surface area contributed by atoms with Crippen molar-refractivity contribution in [2.24, 2.45) is 0 Å². The van der Waals surface area contributed by atoms with Crippen LogP contribution >= 0.6 is 0 Å². The monoisotopic (exact) mass is 291 g/mol. The molecule has 0 unspecified atom stereocenters. The minimum absolute atomic E-state index is 0.163. The summed E-state index contributed by atoms with van der Waals surface area (Å²) in [6, 6.07) is 5.29. The highest BCUT2D eigenvalue weighted by molar-refractivity contribution is 5.96. The normalized spacial score (nSPS) is 14.4. The molecule has 1 aliphatic heterocycles. The third kappa shape index (κ3) is 3.95. The molecule has 1 heterocycles. The largest absolute Gasteiger partial charge is 0.383 e. The fourth-order valence-corrected chi connectivity index (χ4v) is 2.38. The molecule has 0 atom stereocenters. The molecule has 0 aliphatic carbocycles. The minimum atomic E-state index is -0.267. The Morgan fingerprint density at radius 1 is 1.43 bits per heavy atom. The smallest absolute Gasteiger partial charge is 0.319 e. The lowest BCUT2D eigenvalue weighted by Gasteiger charge is -2.19. The van der Waals surface area contributed by atoms with Gasteiger partial charge in [0.15, 0.2) is 0 Å². The summed E-state index contributed by atoms with van der Waals surface area (Å²) < 4.78 is 4.86. The van der Waals surface area contributed by atoms with Crippen molar-refractivity contribution < 1.29 is 14.3 Å². The molecule has 0 radical (unpaired) electrons. The van der Waals surface area contributed by atoms with E-state index in [1.807, 2.05) is 25.1 Å². The van der Waals surface area contributed by atoms with Gasteiger partial charge in [-0.1, -0.05) is 0 Å². The Hall–Kier alpha value is -2.08. The Morgan fingerprint density at radius 2 is 2.24 bits per heavy atom. The van der Waals surface area contributed by atoms with Gasteiger partial charge in [0, 0.05) is 38.0 Å². The standard InChI is InChI=1S/C15H21N3O3/c1-11-10-12(17-15(20)16-7-9-21-2)5-6-13(11)18-8-3-4-14(18)19/h5-6,10H,3-4,7-9H2,1-2H3,(H2,16,17,20). The molecule has 3 amide bonds. The highest BCUT2D eigenvalue weighted by Crippen LogP contribution is 2.27. The van der Waals surface area contributed by atoms with Gasteiger partial charge in [-0.3, -0.25) is 4.79 Å². The summed E-state index contributed by atoms with van der Waals surface area (Å²) in [4.78, 5) is 25.2. The zero-order valence-corrected chi connectivity index (χ0v) is 12.4. The molecule has 6 heteroatoms. The maximum absolute atomic E-state index is 11.8. The van der Waals surface area contributed by atoms with E-state index in [9.17, 15) is 9.59 Å². The van der Waals surface area contributed by atoms with Crippen LogP contribution in [-0.4, -0.2) is 38.7 Å². The summed E-state index contributed by atoms with van der Waals surface area (Å²) in [6.07, 6.45) is 1.52. The number of nitrogens with zero attached hydrogens (tertiary/aromatic N) is 1. The van der Waals surface area contributed by atoms with Crippen LogP contribution in [0.25, 0.3) is 0 Å². The molecule has 0 saturated carbocycles. The second kappa shape index (κ2) is 7.08. The number of carbonyl (C=O) groups excluding carboxylic acids is 2. The Labute approximate surface area is 124 Å². The molecule has 0 spiro atoms. The van der Waals surface area contributed by atoms with Gasteiger partial charge in [-0.05, 0) is 37.1 Å². The minimum Gasteiger partial charge on any atom is -0.383 e. The van der Waals surface area contributed by atoms with E-state index in [4.69, 9.17) is 4.74 Å². The summed E-state index contributed by atoms with van der Waals surface area (Å²) in [5.74, 6) is 0.163. The van der Waals surface area contributed by atoms with Gasteiger partial charge in [0.1, 0.15) is 0 Å². The highest BCUT2D eigenvalue weighted by atomic mass is 16.5. The van der Waals surface area contributed by atoms with E-state index >= 15 is 0 Å². The molecule has 0 bridgehead atoms. The molecular weight excluding hydrogens is 270 g/mol. The van der Waals surface area contributed by atoms with Crippen LogP contribution in [-0.2, 0) is 9.53 Å². The summed E-state index contributed by atoms with van der Waals surface area (Å²) in [6.45, 7) is 3.64. The van der Waals surface area contributed by atoms with E-state index < -0.39 is 0 Å². The van der Waals surface area contributed by atoms with Crippen molar-refractivity contribution in [2.45, 2.75) is 19.8 Å². The molecule has 6 nitrogen and oxygen atoms in total. The van der Waals surface area contributed by atoms with Gasteiger partial charge in [0.25, 0.3) is 0 Å². The number of urea groups is 1. The molecule has 0 aromatic heterocycles. The van der Waals surface area contributed by atoms with Crippen LogP contribution in [0.3, 0.4) is 0 Å². The molecule has 1 aromatic rings. The van der Waals surface area contributed by atoms with Crippen molar-refractivity contribution in [1.82, 2.24) is 5.32 Å². The lowest BCUT2D eigenvalue weighted by molar-refractivity contribution is -0.117. The average molecular weight is 291 g/mol. The van der Waals surface area contributed by atoms with Crippen LogP contribution in [0.4, 0.5) is 16.2 Å². The van der Waals surface area contributed by atoms with E-state index in [0.29, 0.717) is 25.3 Å². The van der Waals surface area contributed by atoms with Crippen LogP contribution < -0.4 is 15.5 Å². The number of anilines is 2. The molecule has 114 valence electrons. The predicted molar refractivity (Wildman–Crippen MR) is 81.7 cm³/mol. The van der Waals surface area contributed by atoms with Crippen LogP contribution in [0.5, 0.6) is 0 Å². The van der Waals surface area contributed by atoms with Crippen molar-refractivity contribution in [3.8, 4) is 0 Å². The number of hydrogen-bond donors (Lipinski definition) is 2. The Bertz CT molecular complexity index is 531. The Balaban J connectivity index is 1.98. The van der Waals surface area contributed by atoms with E-state index in [2.05, 4.69) is 10.6 Å². The molecule has 2 N–H and O–H groups in total. The zero-order chi connectivity index (χ0) is 15.2.